The van der Waals surface area contributed by atoms with E-state index >= 15 is 0 Å². The van der Waals surface area contributed by atoms with E-state index in [1.54, 1.807) is 12.3 Å². The molecule has 0 spiro atoms. The topological polar surface area (TPSA) is 54.5 Å². The van der Waals surface area contributed by atoms with Gasteiger partial charge in [-0.05, 0) is 58.4 Å². The summed E-state index contributed by atoms with van der Waals surface area (Å²) in [5.74, 6) is -2.59. The Kier molecular flexibility index (Phi) is 6.12. The average Bonchev–Trinajstić information content (AvgIpc) is 3.17. The summed E-state index contributed by atoms with van der Waals surface area (Å²) in [5.41, 5.74) is 4.77. The van der Waals surface area contributed by atoms with Crippen LogP contribution < -0.4 is 10.1 Å². The van der Waals surface area contributed by atoms with Gasteiger partial charge in [0, 0.05) is 38.8 Å². The molecule has 8 heteroatoms. The number of nitrogens with zero attached hydrogens (tertiary/aromatic N) is 2. The number of ether oxygens (including phenoxy) is 1. The Morgan fingerprint density at radius 2 is 1.94 bits per heavy atom. The zero-order chi connectivity index (χ0) is 22.8. The molecule has 33 heavy (non-hydrogen) atoms. The van der Waals surface area contributed by atoms with Crippen LogP contribution in [0.2, 0.25) is 0 Å². The minimum absolute atomic E-state index is 0.0601. The molecular formula is C25H25F2N3O2S. The van der Waals surface area contributed by atoms with E-state index in [9.17, 15) is 13.6 Å². The molecule has 5 rings (SSSR count). The van der Waals surface area contributed by atoms with Crippen molar-refractivity contribution in [1.82, 2.24) is 14.6 Å². The first-order valence-electron chi connectivity index (χ1n) is 11.1. The Morgan fingerprint density at radius 3 is 2.67 bits per heavy atom. The molecule has 1 unspecified atom stereocenters. The van der Waals surface area contributed by atoms with Crippen molar-refractivity contribution in [3.05, 3.63) is 81.9 Å². The summed E-state index contributed by atoms with van der Waals surface area (Å²) in [6.07, 6.45) is 2.47. The Morgan fingerprint density at radius 1 is 1.15 bits per heavy atom. The van der Waals surface area contributed by atoms with Crippen molar-refractivity contribution in [2.75, 3.05) is 13.2 Å². The quantitative estimate of drug-likeness (QED) is 0.521. The third-order valence-corrected chi connectivity index (χ3v) is 6.97. The van der Waals surface area contributed by atoms with Crippen molar-refractivity contribution in [2.45, 2.75) is 38.4 Å². The SMILES string of the molecule is O=C(NCc1ccc(CN2CCc3cc(OCC4CC4(F)F)ccc3C2)cc1)c1ccns1. The van der Waals surface area contributed by atoms with E-state index < -0.39 is 11.8 Å². The van der Waals surface area contributed by atoms with Gasteiger partial charge in [0.15, 0.2) is 0 Å². The fourth-order valence-electron chi connectivity index (χ4n) is 4.08. The van der Waals surface area contributed by atoms with Gasteiger partial charge in [-0.15, -0.1) is 0 Å². The van der Waals surface area contributed by atoms with Crippen molar-refractivity contribution in [3.63, 3.8) is 0 Å². The molecule has 1 aliphatic carbocycles. The van der Waals surface area contributed by atoms with Crippen molar-refractivity contribution in [3.8, 4) is 5.75 Å². The predicted molar refractivity (Wildman–Crippen MR) is 123 cm³/mol. The normalized spacial score (nSPS) is 19.0. The van der Waals surface area contributed by atoms with Crippen LogP contribution in [0.25, 0.3) is 0 Å². The maximum Gasteiger partial charge on any atom is 0.263 e. The summed E-state index contributed by atoms with van der Waals surface area (Å²) in [6.45, 7) is 3.20. The highest BCUT2D eigenvalue weighted by atomic mass is 32.1. The Labute approximate surface area is 195 Å². The van der Waals surface area contributed by atoms with Gasteiger partial charge in [-0.1, -0.05) is 30.3 Å². The number of amides is 1. The highest BCUT2D eigenvalue weighted by molar-refractivity contribution is 7.08. The van der Waals surface area contributed by atoms with E-state index in [0.29, 0.717) is 17.2 Å². The van der Waals surface area contributed by atoms with Crippen molar-refractivity contribution < 1.29 is 18.3 Å². The largest absolute Gasteiger partial charge is 0.493 e. The first-order chi connectivity index (χ1) is 16.0. The summed E-state index contributed by atoms with van der Waals surface area (Å²) < 4.78 is 35.6. The van der Waals surface area contributed by atoms with E-state index in [0.717, 1.165) is 31.6 Å². The number of halogens is 2. The maximum atomic E-state index is 13.0. The van der Waals surface area contributed by atoms with Crippen LogP contribution in [0.5, 0.6) is 5.75 Å². The number of rotatable bonds is 8. The Bertz CT molecular complexity index is 1120. The lowest BCUT2D eigenvalue weighted by atomic mass is 9.99. The van der Waals surface area contributed by atoms with Gasteiger partial charge >= 0.3 is 0 Å². The molecule has 1 amide bonds. The van der Waals surface area contributed by atoms with Gasteiger partial charge in [0.05, 0.1) is 12.5 Å². The van der Waals surface area contributed by atoms with Gasteiger partial charge in [0.25, 0.3) is 11.8 Å². The van der Waals surface area contributed by atoms with Crippen LogP contribution in [-0.2, 0) is 26.1 Å². The van der Waals surface area contributed by atoms with Crippen LogP contribution in [0.1, 0.15) is 38.3 Å². The molecule has 0 saturated heterocycles. The molecule has 1 atom stereocenters. The number of carbonyl (C=O) groups excluding carboxylic acids is 1. The van der Waals surface area contributed by atoms with Crippen LogP contribution >= 0.6 is 11.5 Å². The van der Waals surface area contributed by atoms with Gasteiger partial charge in [-0.3, -0.25) is 9.69 Å². The number of nitrogens with one attached hydrogen (secondary N) is 1. The molecule has 1 saturated carbocycles. The van der Waals surface area contributed by atoms with Crippen LogP contribution in [0.3, 0.4) is 0 Å². The van der Waals surface area contributed by atoms with Crippen LogP contribution in [0.15, 0.2) is 54.7 Å². The summed E-state index contributed by atoms with van der Waals surface area (Å²) in [4.78, 5) is 15.0. The fraction of sp³-hybridized carbons (Fsp3) is 0.360. The lowest BCUT2D eigenvalue weighted by molar-refractivity contribution is 0.0855. The Hall–Kier alpha value is -2.84. The molecule has 2 heterocycles. The van der Waals surface area contributed by atoms with Crippen molar-refractivity contribution in [2.24, 2.45) is 5.92 Å². The van der Waals surface area contributed by atoms with E-state index in [4.69, 9.17) is 4.74 Å². The van der Waals surface area contributed by atoms with Crippen molar-refractivity contribution >= 4 is 17.4 Å². The molecule has 5 nitrogen and oxygen atoms in total. The monoisotopic (exact) mass is 469 g/mol. The van der Waals surface area contributed by atoms with Gasteiger partial charge in [-0.25, -0.2) is 13.2 Å². The van der Waals surface area contributed by atoms with E-state index in [1.807, 2.05) is 24.3 Å². The fourth-order valence-corrected chi connectivity index (χ4v) is 4.59. The zero-order valence-corrected chi connectivity index (χ0v) is 18.9. The molecule has 1 aliphatic heterocycles. The summed E-state index contributed by atoms with van der Waals surface area (Å²) in [5, 5.41) is 2.91. The van der Waals surface area contributed by atoms with E-state index in [2.05, 4.69) is 32.8 Å². The van der Waals surface area contributed by atoms with Gasteiger partial charge in [-0.2, -0.15) is 0 Å². The first-order valence-corrected chi connectivity index (χ1v) is 11.8. The third kappa shape index (κ3) is 5.39. The number of alkyl halides is 2. The number of hydrogen-bond donors (Lipinski definition) is 1. The molecule has 1 N–H and O–H groups in total. The summed E-state index contributed by atoms with van der Waals surface area (Å²) in [6, 6.07) is 16.0. The molecule has 2 aromatic carbocycles. The second-order valence-corrected chi connectivity index (χ2v) is 9.57. The molecule has 0 bridgehead atoms. The van der Waals surface area contributed by atoms with Crippen LogP contribution in [0, 0.1) is 5.92 Å². The highest BCUT2D eigenvalue weighted by Gasteiger charge is 2.57. The van der Waals surface area contributed by atoms with E-state index in [1.165, 1.54) is 28.2 Å². The standard InChI is InChI=1S/C25H25F2N3O2S/c26-25(27)12-21(25)16-32-22-6-5-20-15-30(10-8-19(20)11-22)14-18-3-1-17(2-4-18)13-28-24(31)23-7-9-29-33-23/h1-7,9,11,21H,8,10,12-16H2,(H,28,31). The van der Waals surface area contributed by atoms with Crippen molar-refractivity contribution in [1.29, 1.82) is 0 Å². The van der Waals surface area contributed by atoms with E-state index in [-0.39, 0.29) is 18.9 Å². The number of benzene rings is 2. The summed E-state index contributed by atoms with van der Waals surface area (Å²) in [7, 11) is 0. The maximum absolute atomic E-state index is 13.0. The lowest BCUT2D eigenvalue weighted by Gasteiger charge is -2.29. The van der Waals surface area contributed by atoms with Crippen LogP contribution in [-0.4, -0.2) is 34.3 Å². The molecule has 2 aliphatic rings. The minimum atomic E-state index is -2.54. The second-order valence-electron chi connectivity index (χ2n) is 8.74. The smallest absolute Gasteiger partial charge is 0.263 e. The first kappa shape index (κ1) is 22.0. The van der Waals surface area contributed by atoms with Gasteiger partial charge < -0.3 is 10.1 Å². The summed E-state index contributed by atoms with van der Waals surface area (Å²) >= 11 is 1.19. The predicted octanol–water partition coefficient (Wildman–Crippen LogP) is 4.67. The molecule has 172 valence electrons. The highest BCUT2D eigenvalue weighted by Crippen LogP contribution is 2.48. The number of carbonyl (C=O) groups is 1. The molecule has 0 radical (unpaired) electrons. The average molecular weight is 470 g/mol. The molecule has 3 aromatic rings. The number of fused-ring (bicyclic) bond motifs is 1. The Balaban J connectivity index is 1.11. The molecule has 1 fully saturated rings. The number of hydrogen-bond acceptors (Lipinski definition) is 5. The second kappa shape index (κ2) is 9.19. The molecule has 1 aromatic heterocycles. The van der Waals surface area contributed by atoms with Gasteiger partial charge in [0.1, 0.15) is 10.6 Å². The zero-order valence-electron chi connectivity index (χ0n) is 18.1. The third-order valence-electron chi connectivity index (χ3n) is 6.22. The lowest BCUT2D eigenvalue weighted by Crippen LogP contribution is -2.30. The number of aromatic nitrogens is 1. The van der Waals surface area contributed by atoms with Crippen LogP contribution in [0.4, 0.5) is 8.78 Å². The minimum Gasteiger partial charge on any atom is -0.493 e. The molecular weight excluding hydrogens is 444 g/mol. The van der Waals surface area contributed by atoms with Gasteiger partial charge in [0.2, 0.25) is 0 Å².